The molecule has 7 N–H and O–H groups in total. The molecule has 0 fully saturated rings. The summed E-state index contributed by atoms with van der Waals surface area (Å²) in [4.78, 5) is 21.2. The third-order valence-corrected chi connectivity index (χ3v) is 1.94. The van der Waals surface area contributed by atoms with Gasteiger partial charge in [0.1, 0.15) is 24.9 Å². The molecule has 0 aromatic rings. The van der Waals surface area contributed by atoms with Crippen LogP contribution in [0, 0.1) is 0 Å². The number of nitrogens with one attached hydrogen (secondary N) is 1. The number of carboxylic acid groups (broad SMARTS) is 1. The molecule has 0 saturated heterocycles. The minimum atomic E-state index is -2.12. The van der Waals surface area contributed by atoms with Crippen LogP contribution in [-0.4, -0.2) is 80.1 Å². The second-order valence-corrected chi connectivity index (χ2v) is 3.29. The summed E-state index contributed by atoms with van der Waals surface area (Å²) < 4.78 is 0. The number of hydrogen-bond acceptors (Lipinski definition) is 7. The number of amides is 1. The van der Waals surface area contributed by atoms with Crippen LogP contribution in [0.15, 0.2) is 0 Å². The van der Waals surface area contributed by atoms with Crippen LogP contribution in [0.25, 0.3) is 0 Å². The Morgan fingerprint density at radius 2 is 1.59 bits per heavy atom. The zero-order valence-corrected chi connectivity index (χ0v) is 8.72. The standard InChI is InChI=1S/C8H15NO8/c10-2-3(11)5(14)6(15)7(16)8(17)9-1-4(12)13/h3,5-7,10-11,14-16H,1-2H2,(H,9,17)(H,12,13)/t3-,5-,6-,7-/m1/s1. The van der Waals surface area contributed by atoms with Gasteiger partial charge >= 0.3 is 5.97 Å². The molecule has 0 rings (SSSR count). The van der Waals surface area contributed by atoms with E-state index >= 15 is 0 Å². The van der Waals surface area contributed by atoms with Gasteiger partial charge in [-0.3, -0.25) is 9.59 Å². The Bertz CT molecular complexity index is 270. The summed E-state index contributed by atoms with van der Waals surface area (Å²) in [6.07, 6.45) is -7.84. The molecule has 0 aliphatic heterocycles. The Morgan fingerprint density at radius 3 is 2.00 bits per heavy atom. The fourth-order valence-electron chi connectivity index (χ4n) is 0.945. The maximum Gasteiger partial charge on any atom is 0.322 e. The smallest absolute Gasteiger partial charge is 0.322 e. The average Bonchev–Trinajstić information content (AvgIpc) is 2.31. The van der Waals surface area contributed by atoms with Crippen LogP contribution in [0.1, 0.15) is 0 Å². The molecule has 0 radical (unpaired) electrons. The molecule has 0 spiro atoms. The number of carbonyl (C=O) groups is 2. The van der Waals surface area contributed by atoms with Crippen molar-refractivity contribution >= 4 is 11.9 Å². The number of rotatable bonds is 7. The van der Waals surface area contributed by atoms with E-state index in [4.69, 9.17) is 20.4 Å². The normalized spacial score (nSPS) is 17.9. The first-order valence-corrected chi connectivity index (χ1v) is 4.63. The Hall–Kier alpha value is -1.26. The summed E-state index contributed by atoms with van der Waals surface area (Å²) in [5.41, 5.74) is 0. The second kappa shape index (κ2) is 7.14. The van der Waals surface area contributed by atoms with Gasteiger partial charge in [-0.1, -0.05) is 0 Å². The quantitative estimate of drug-likeness (QED) is 0.239. The fourth-order valence-corrected chi connectivity index (χ4v) is 0.945. The molecule has 9 nitrogen and oxygen atoms in total. The SMILES string of the molecule is O=C(O)CNC(=O)[C@H](O)[C@H](O)[C@H](O)[C@H](O)CO. The lowest BCUT2D eigenvalue weighted by molar-refractivity contribution is -0.150. The first-order chi connectivity index (χ1) is 7.81. The molecule has 0 heterocycles. The maximum atomic E-state index is 11.1. The lowest BCUT2D eigenvalue weighted by Gasteiger charge is -2.24. The highest BCUT2D eigenvalue weighted by Crippen LogP contribution is 2.05. The van der Waals surface area contributed by atoms with Gasteiger partial charge in [0, 0.05) is 0 Å². The van der Waals surface area contributed by atoms with E-state index in [2.05, 4.69) is 0 Å². The van der Waals surface area contributed by atoms with Crippen LogP contribution in [0.3, 0.4) is 0 Å². The first-order valence-electron chi connectivity index (χ1n) is 4.63. The average molecular weight is 253 g/mol. The highest BCUT2D eigenvalue weighted by molar-refractivity contribution is 5.84. The van der Waals surface area contributed by atoms with Crippen LogP contribution in [0.2, 0.25) is 0 Å². The molecule has 4 atom stereocenters. The minimum absolute atomic E-state index is 0.763. The molecular formula is C8H15NO8. The van der Waals surface area contributed by atoms with Gasteiger partial charge in [0.15, 0.2) is 6.10 Å². The molecule has 0 aromatic carbocycles. The molecule has 0 unspecified atom stereocenters. The fraction of sp³-hybridized carbons (Fsp3) is 0.750. The predicted octanol–water partition coefficient (Wildman–Crippen LogP) is -4.38. The monoisotopic (exact) mass is 253 g/mol. The van der Waals surface area contributed by atoms with Gasteiger partial charge in [0.2, 0.25) is 0 Å². The van der Waals surface area contributed by atoms with E-state index in [1.807, 2.05) is 0 Å². The first kappa shape index (κ1) is 15.7. The number of carboxylic acids is 1. The van der Waals surface area contributed by atoms with Crippen molar-refractivity contribution in [3.05, 3.63) is 0 Å². The lowest BCUT2D eigenvalue weighted by atomic mass is 10.0. The van der Waals surface area contributed by atoms with Gasteiger partial charge in [0.05, 0.1) is 6.61 Å². The van der Waals surface area contributed by atoms with Crippen LogP contribution >= 0.6 is 0 Å². The van der Waals surface area contributed by atoms with Gasteiger partial charge in [-0.15, -0.1) is 0 Å². The van der Waals surface area contributed by atoms with E-state index in [-0.39, 0.29) is 0 Å². The Balaban J connectivity index is 4.32. The number of aliphatic hydroxyl groups excluding tert-OH is 5. The molecule has 1 amide bonds. The zero-order valence-electron chi connectivity index (χ0n) is 8.72. The van der Waals surface area contributed by atoms with Gasteiger partial charge < -0.3 is 36.0 Å². The third kappa shape index (κ3) is 5.06. The van der Waals surface area contributed by atoms with Crippen molar-refractivity contribution in [1.29, 1.82) is 0 Å². The minimum Gasteiger partial charge on any atom is -0.480 e. The van der Waals surface area contributed by atoms with E-state index in [0.717, 1.165) is 0 Å². The number of hydrogen-bond donors (Lipinski definition) is 7. The number of aliphatic hydroxyl groups is 5. The third-order valence-electron chi connectivity index (χ3n) is 1.94. The van der Waals surface area contributed by atoms with E-state index in [1.165, 1.54) is 0 Å². The predicted molar refractivity (Wildman–Crippen MR) is 51.8 cm³/mol. The molecule has 0 aromatic heterocycles. The van der Waals surface area contributed by atoms with Crippen molar-refractivity contribution in [1.82, 2.24) is 5.32 Å². The molecule has 0 saturated carbocycles. The molecular weight excluding hydrogens is 238 g/mol. The molecule has 17 heavy (non-hydrogen) atoms. The summed E-state index contributed by atoms with van der Waals surface area (Å²) >= 11 is 0. The van der Waals surface area contributed by atoms with Crippen molar-refractivity contribution in [2.45, 2.75) is 24.4 Å². The van der Waals surface area contributed by atoms with Crippen molar-refractivity contribution < 1.29 is 40.2 Å². The molecule has 0 aliphatic rings. The van der Waals surface area contributed by atoms with Crippen molar-refractivity contribution in [3.8, 4) is 0 Å². The Kier molecular flexibility index (Phi) is 6.61. The van der Waals surface area contributed by atoms with E-state index in [0.29, 0.717) is 0 Å². The van der Waals surface area contributed by atoms with Gasteiger partial charge in [-0.2, -0.15) is 0 Å². The summed E-state index contributed by atoms with van der Waals surface area (Å²) in [6.45, 7) is -1.64. The van der Waals surface area contributed by atoms with E-state index in [1.54, 1.807) is 5.32 Å². The van der Waals surface area contributed by atoms with Crippen LogP contribution < -0.4 is 5.32 Å². The van der Waals surface area contributed by atoms with E-state index in [9.17, 15) is 19.8 Å². The summed E-state index contributed by atoms with van der Waals surface area (Å²) in [6, 6.07) is 0. The summed E-state index contributed by atoms with van der Waals surface area (Å²) in [5, 5.41) is 55.0. The van der Waals surface area contributed by atoms with Crippen molar-refractivity contribution in [3.63, 3.8) is 0 Å². The van der Waals surface area contributed by atoms with E-state index < -0.39 is 49.4 Å². The summed E-state index contributed by atoms with van der Waals surface area (Å²) in [7, 11) is 0. The number of carbonyl (C=O) groups excluding carboxylic acids is 1. The van der Waals surface area contributed by atoms with Crippen LogP contribution in [0.5, 0.6) is 0 Å². The molecule has 0 aliphatic carbocycles. The van der Waals surface area contributed by atoms with Gasteiger partial charge in [-0.25, -0.2) is 0 Å². The lowest BCUT2D eigenvalue weighted by Crippen LogP contribution is -2.52. The van der Waals surface area contributed by atoms with Crippen LogP contribution in [0.4, 0.5) is 0 Å². The van der Waals surface area contributed by atoms with Crippen molar-refractivity contribution in [2.75, 3.05) is 13.2 Å². The van der Waals surface area contributed by atoms with Gasteiger partial charge in [-0.05, 0) is 0 Å². The zero-order chi connectivity index (χ0) is 13.6. The Labute approximate surface area is 95.9 Å². The summed E-state index contributed by atoms with van der Waals surface area (Å²) in [5.74, 6) is -2.57. The van der Waals surface area contributed by atoms with Crippen LogP contribution in [-0.2, 0) is 9.59 Å². The maximum absolute atomic E-state index is 11.1. The topological polar surface area (TPSA) is 168 Å². The largest absolute Gasteiger partial charge is 0.480 e. The Morgan fingerprint density at radius 1 is 1.06 bits per heavy atom. The highest BCUT2D eigenvalue weighted by Gasteiger charge is 2.34. The molecule has 0 bridgehead atoms. The highest BCUT2D eigenvalue weighted by atomic mass is 16.4. The van der Waals surface area contributed by atoms with Crippen molar-refractivity contribution in [2.24, 2.45) is 0 Å². The second-order valence-electron chi connectivity index (χ2n) is 3.29. The number of aliphatic carboxylic acids is 1. The van der Waals surface area contributed by atoms with Gasteiger partial charge in [0.25, 0.3) is 5.91 Å². The molecule has 9 heteroatoms. The molecule has 100 valence electrons.